The number of rotatable bonds is 3. The maximum Gasteiger partial charge on any atom is 0.224 e. The van der Waals surface area contributed by atoms with Gasteiger partial charge in [0.25, 0.3) is 0 Å². The Balaban J connectivity index is 0.00000162. The smallest absolute Gasteiger partial charge is 0.224 e. The molecule has 2 N–H and O–H groups in total. The van der Waals surface area contributed by atoms with Gasteiger partial charge in [-0.05, 0) is 37.1 Å². The van der Waals surface area contributed by atoms with Gasteiger partial charge >= 0.3 is 0 Å². The molecule has 1 amide bonds. The summed E-state index contributed by atoms with van der Waals surface area (Å²) in [5.74, 6) is 0.267. The van der Waals surface area contributed by atoms with Crippen LogP contribution in [0, 0.1) is 5.92 Å². The molecule has 1 heterocycles. The third-order valence-electron chi connectivity index (χ3n) is 3.05. The normalized spacial score (nSPS) is 18.8. The summed E-state index contributed by atoms with van der Waals surface area (Å²) in [4.78, 5) is 11.9. The van der Waals surface area contributed by atoms with Crippen molar-refractivity contribution in [3.63, 3.8) is 0 Å². The Morgan fingerprint density at radius 2 is 2.11 bits per heavy atom. The van der Waals surface area contributed by atoms with Crippen molar-refractivity contribution in [3.8, 4) is 0 Å². The van der Waals surface area contributed by atoms with Gasteiger partial charge in [-0.15, -0.1) is 12.4 Å². The lowest BCUT2D eigenvalue weighted by molar-refractivity contribution is -0.125. The summed E-state index contributed by atoms with van der Waals surface area (Å²) in [5, 5.41) is 6.93. The molecule has 0 spiro atoms. The molecule has 1 atom stereocenters. The fraction of sp³-hybridized carbons (Fsp3) is 0.462. The van der Waals surface area contributed by atoms with Crippen LogP contribution in [0.5, 0.6) is 0 Å². The molecular weight excluding hydrogens is 271 g/mol. The van der Waals surface area contributed by atoms with Crippen molar-refractivity contribution < 1.29 is 4.79 Å². The first-order valence-electron chi connectivity index (χ1n) is 5.98. The van der Waals surface area contributed by atoms with E-state index in [0.29, 0.717) is 6.54 Å². The summed E-state index contributed by atoms with van der Waals surface area (Å²) in [5.41, 5.74) is 1.08. The lowest BCUT2D eigenvalue weighted by Gasteiger charge is -2.21. The van der Waals surface area contributed by atoms with Crippen molar-refractivity contribution >= 4 is 29.9 Å². The molecule has 1 aliphatic rings. The van der Waals surface area contributed by atoms with Crippen LogP contribution in [0.4, 0.5) is 0 Å². The van der Waals surface area contributed by atoms with E-state index < -0.39 is 0 Å². The molecule has 1 saturated heterocycles. The summed E-state index contributed by atoms with van der Waals surface area (Å²) in [6, 6.07) is 7.54. The molecule has 18 heavy (non-hydrogen) atoms. The van der Waals surface area contributed by atoms with E-state index in [9.17, 15) is 4.79 Å². The molecule has 1 aliphatic heterocycles. The molecule has 0 aromatic heterocycles. The van der Waals surface area contributed by atoms with Crippen LogP contribution < -0.4 is 10.6 Å². The van der Waals surface area contributed by atoms with Crippen molar-refractivity contribution in [3.05, 3.63) is 34.9 Å². The first-order chi connectivity index (χ1) is 8.25. The lowest BCUT2D eigenvalue weighted by Crippen LogP contribution is -2.40. The second-order valence-corrected chi connectivity index (χ2v) is 4.82. The average molecular weight is 289 g/mol. The standard InChI is InChI=1S/C13H17ClN2O.ClH/c14-12-5-3-10(4-6-12)8-16-13(17)11-2-1-7-15-9-11;/h3-6,11,15H,1-2,7-9H2,(H,16,17);1H. The van der Waals surface area contributed by atoms with Crippen LogP contribution >= 0.6 is 24.0 Å². The van der Waals surface area contributed by atoms with E-state index in [-0.39, 0.29) is 24.2 Å². The predicted octanol–water partition coefficient (Wildman–Crippen LogP) is 2.38. The van der Waals surface area contributed by atoms with Gasteiger partial charge in [-0.25, -0.2) is 0 Å². The third-order valence-corrected chi connectivity index (χ3v) is 3.30. The van der Waals surface area contributed by atoms with Crippen LogP contribution in [0.15, 0.2) is 24.3 Å². The SMILES string of the molecule is Cl.O=C(NCc1ccc(Cl)cc1)C1CCCNC1. The van der Waals surface area contributed by atoms with Gasteiger partial charge in [-0.3, -0.25) is 4.79 Å². The number of benzene rings is 1. The van der Waals surface area contributed by atoms with Gasteiger partial charge < -0.3 is 10.6 Å². The number of hydrogen-bond acceptors (Lipinski definition) is 2. The van der Waals surface area contributed by atoms with Gasteiger partial charge in [0, 0.05) is 18.1 Å². The molecule has 100 valence electrons. The lowest BCUT2D eigenvalue weighted by atomic mass is 9.99. The Kier molecular flexibility index (Phi) is 6.47. The quantitative estimate of drug-likeness (QED) is 0.897. The van der Waals surface area contributed by atoms with Crippen LogP contribution in [0.3, 0.4) is 0 Å². The van der Waals surface area contributed by atoms with E-state index in [1.54, 1.807) is 0 Å². The second kappa shape index (κ2) is 7.62. The summed E-state index contributed by atoms with van der Waals surface area (Å²) in [7, 11) is 0. The minimum absolute atomic E-state index is 0. The van der Waals surface area contributed by atoms with Crippen LogP contribution in [-0.4, -0.2) is 19.0 Å². The Labute approximate surface area is 119 Å². The summed E-state index contributed by atoms with van der Waals surface area (Å²) in [6.07, 6.45) is 2.07. The number of halogens is 2. The first kappa shape index (κ1) is 15.3. The first-order valence-corrected chi connectivity index (χ1v) is 6.36. The van der Waals surface area contributed by atoms with Crippen LogP contribution in [0.2, 0.25) is 5.02 Å². The van der Waals surface area contributed by atoms with Crippen molar-refractivity contribution in [2.75, 3.05) is 13.1 Å². The fourth-order valence-corrected chi connectivity index (χ4v) is 2.14. The number of carbonyl (C=O) groups excluding carboxylic acids is 1. The van der Waals surface area contributed by atoms with Crippen molar-refractivity contribution in [2.24, 2.45) is 5.92 Å². The molecule has 0 saturated carbocycles. The zero-order valence-corrected chi connectivity index (χ0v) is 11.7. The van der Waals surface area contributed by atoms with Gasteiger partial charge in [0.1, 0.15) is 0 Å². The van der Waals surface area contributed by atoms with Crippen LogP contribution in [0.25, 0.3) is 0 Å². The largest absolute Gasteiger partial charge is 0.352 e. The Hall–Kier alpha value is -0.770. The molecule has 1 aromatic rings. The summed E-state index contributed by atoms with van der Waals surface area (Å²) >= 11 is 5.80. The van der Waals surface area contributed by atoms with E-state index in [0.717, 1.165) is 36.5 Å². The zero-order chi connectivity index (χ0) is 12.1. The van der Waals surface area contributed by atoms with Gasteiger partial charge in [-0.2, -0.15) is 0 Å². The molecule has 3 nitrogen and oxygen atoms in total. The minimum Gasteiger partial charge on any atom is -0.352 e. The maximum atomic E-state index is 11.9. The van der Waals surface area contributed by atoms with Crippen LogP contribution in [0.1, 0.15) is 18.4 Å². The highest BCUT2D eigenvalue weighted by Crippen LogP contribution is 2.11. The van der Waals surface area contributed by atoms with E-state index in [2.05, 4.69) is 10.6 Å². The molecule has 0 bridgehead atoms. The highest BCUT2D eigenvalue weighted by molar-refractivity contribution is 6.30. The molecular formula is C13H18Cl2N2O. The minimum atomic E-state index is 0. The third kappa shape index (κ3) is 4.48. The van der Waals surface area contributed by atoms with Gasteiger partial charge in [0.2, 0.25) is 5.91 Å². The maximum absolute atomic E-state index is 11.9. The Bertz CT molecular complexity index is 375. The van der Waals surface area contributed by atoms with Gasteiger partial charge in [0.05, 0.1) is 5.92 Å². The summed E-state index contributed by atoms with van der Waals surface area (Å²) < 4.78 is 0. The topological polar surface area (TPSA) is 41.1 Å². The molecule has 0 radical (unpaired) electrons. The van der Waals surface area contributed by atoms with E-state index in [1.807, 2.05) is 24.3 Å². The molecule has 5 heteroatoms. The number of carbonyl (C=O) groups is 1. The Morgan fingerprint density at radius 3 is 2.72 bits per heavy atom. The number of hydrogen-bond donors (Lipinski definition) is 2. The average Bonchev–Trinajstić information content (AvgIpc) is 2.39. The van der Waals surface area contributed by atoms with Crippen molar-refractivity contribution in [2.45, 2.75) is 19.4 Å². The van der Waals surface area contributed by atoms with Crippen molar-refractivity contribution in [1.29, 1.82) is 0 Å². The number of nitrogens with one attached hydrogen (secondary N) is 2. The zero-order valence-electron chi connectivity index (χ0n) is 10.1. The summed E-state index contributed by atoms with van der Waals surface area (Å²) in [6.45, 7) is 2.40. The second-order valence-electron chi connectivity index (χ2n) is 4.39. The monoisotopic (exact) mass is 288 g/mol. The molecule has 0 aliphatic carbocycles. The predicted molar refractivity (Wildman–Crippen MR) is 76.1 cm³/mol. The fourth-order valence-electron chi connectivity index (χ4n) is 2.01. The van der Waals surface area contributed by atoms with E-state index >= 15 is 0 Å². The number of piperidine rings is 1. The number of amides is 1. The highest BCUT2D eigenvalue weighted by atomic mass is 35.5. The van der Waals surface area contributed by atoms with Crippen LogP contribution in [-0.2, 0) is 11.3 Å². The van der Waals surface area contributed by atoms with Gasteiger partial charge in [0.15, 0.2) is 0 Å². The Morgan fingerprint density at radius 1 is 1.39 bits per heavy atom. The van der Waals surface area contributed by atoms with Gasteiger partial charge in [-0.1, -0.05) is 23.7 Å². The van der Waals surface area contributed by atoms with Crippen molar-refractivity contribution in [1.82, 2.24) is 10.6 Å². The molecule has 2 rings (SSSR count). The molecule has 1 aromatic carbocycles. The highest BCUT2D eigenvalue weighted by Gasteiger charge is 2.20. The molecule has 1 fully saturated rings. The van der Waals surface area contributed by atoms with E-state index in [1.165, 1.54) is 0 Å². The molecule has 1 unspecified atom stereocenters. The van der Waals surface area contributed by atoms with E-state index in [4.69, 9.17) is 11.6 Å².